The standard InChI is InChI=1S/C18H16N4O3.CH2O2/c1-22-14-8-7-12-13(9-15(23)19-16(12)17(14)20-21-22)10-3-5-11(6-4-10)18(24)25-2;2-1-3/h3-8,13H,9H2,1-2H3,(H,19,23);1H,(H,2,3). The van der Waals surface area contributed by atoms with Crippen LogP contribution in [0.4, 0.5) is 5.69 Å². The van der Waals surface area contributed by atoms with Gasteiger partial charge >= 0.3 is 5.97 Å². The van der Waals surface area contributed by atoms with Gasteiger partial charge in [0, 0.05) is 19.4 Å². The molecule has 28 heavy (non-hydrogen) atoms. The molecule has 144 valence electrons. The normalized spacial score (nSPS) is 15.1. The van der Waals surface area contributed by atoms with Gasteiger partial charge in [-0.1, -0.05) is 23.4 Å². The minimum absolute atomic E-state index is 0.0623. The maximum atomic E-state index is 12.2. The van der Waals surface area contributed by atoms with Crippen LogP contribution in [0.15, 0.2) is 36.4 Å². The van der Waals surface area contributed by atoms with Crippen LogP contribution in [-0.2, 0) is 21.4 Å². The molecule has 0 fully saturated rings. The van der Waals surface area contributed by atoms with E-state index in [1.807, 2.05) is 31.3 Å². The Bertz CT molecular complexity index is 1040. The Morgan fingerprint density at radius 1 is 1.29 bits per heavy atom. The second-order valence-electron chi connectivity index (χ2n) is 6.13. The topological polar surface area (TPSA) is 123 Å². The second kappa shape index (κ2) is 7.87. The smallest absolute Gasteiger partial charge is 0.337 e. The fraction of sp³-hybridized carbons (Fsp3) is 0.211. The van der Waals surface area contributed by atoms with Crippen molar-refractivity contribution in [2.75, 3.05) is 12.4 Å². The first-order valence-corrected chi connectivity index (χ1v) is 8.38. The highest BCUT2D eigenvalue weighted by Gasteiger charge is 2.29. The van der Waals surface area contributed by atoms with Crippen molar-refractivity contribution in [3.8, 4) is 0 Å². The van der Waals surface area contributed by atoms with Gasteiger partial charge in [-0.25, -0.2) is 9.48 Å². The lowest BCUT2D eigenvalue weighted by Gasteiger charge is -2.26. The molecule has 1 aliphatic heterocycles. The number of carbonyl (C=O) groups excluding carboxylic acids is 2. The van der Waals surface area contributed by atoms with Crippen molar-refractivity contribution in [2.24, 2.45) is 7.05 Å². The number of amides is 1. The van der Waals surface area contributed by atoms with Gasteiger partial charge in [-0.2, -0.15) is 0 Å². The first-order chi connectivity index (χ1) is 13.5. The maximum Gasteiger partial charge on any atom is 0.337 e. The Kier molecular flexibility index (Phi) is 5.35. The summed E-state index contributed by atoms with van der Waals surface area (Å²) < 4.78 is 6.40. The summed E-state index contributed by atoms with van der Waals surface area (Å²) in [5.41, 5.74) is 4.70. The van der Waals surface area contributed by atoms with E-state index in [0.717, 1.165) is 16.6 Å². The lowest BCUT2D eigenvalue weighted by Crippen LogP contribution is -2.23. The first kappa shape index (κ1) is 19.0. The molecule has 2 heterocycles. The fourth-order valence-electron chi connectivity index (χ4n) is 3.29. The molecular weight excluding hydrogens is 364 g/mol. The number of aryl methyl sites for hydroxylation is 1. The van der Waals surface area contributed by atoms with Gasteiger partial charge in [-0.15, -0.1) is 5.10 Å². The van der Waals surface area contributed by atoms with Crippen LogP contribution in [0, 0.1) is 0 Å². The van der Waals surface area contributed by atoms with Crippen molar-refractivity contribution in [2.45, 2.75) is 12.3 Å². The molecule has 1 amide bonds. The number of rotatable bonds is 2. The molecule has 2 N–H and O–H groups in total. The average molecular weight is 382 g/mol. The Morgan fingerprint density at radius 2 is 1.96 bits per heavy atom. The molecule has 0 radical (unpaired) electrons. The van der Waals surface area contributed by atoms with E-state index in [1.54, 1.807) is 16.8 Å². The number of carbonyl (C=O) groups is 3. The number of nitrogens with one attached hydrogen (secondary N) is 1. The van der Waals surface area contributed by atoms with Gasteiger partial charge in [0.1, 0.15) is 5.52 Å². The quantitative estimate of drug-likeness (QED) is 0.513. The summed E-state index contributed by atoms with van der Waals surface area (Å²) in [4.78, 5) is 32.2. The number of anilines is 1. The third kappa shape index (κ3) is 3.41. The number of esters is 1. The Hall–Kier alpha value is -3.75. The summed E-state index contributed by atoms with van der Waals surface area (Å²) in [6.45, 7) is -0.250. The largest absolute Gasteiger partial charge is 0.483 e. The highest BCUT2D eigenvalue weighted by atomic mass is 16.5. The molecule has 0 aliphatic carbocycles. The molecule has 1 aromatic heterocycles. The second-order valence-corrected chi connectivity index (χ2v) is 6.13. The van der Waals surface area contributed by atoms with Gasteiger partial charge in [0.15, 0.2) is 0 Å². The van der Waals surface area contributed by atoms with Crippen molar-refractivity contribution in [1.29, 1.82) is 0 Å². The highest BCUT2D eigenvalue weighted by Crippen LogP contribution is 2.40. The zero-order valence-electron chi connectivity index (χ0n) is 15.2. The third-order valence-electron chi connectivity index (χ3n) is 4.58. The molecule has 9 nitrogen and oxygen atoms in total. The van der Waals surface area contributed by atoms with Crippen LogP contribution in [0.5, 0.6) is 0 Å². The number of ether oxygens (including phenoxy) is 1. The fourth-order valence-corrected chi connectivity index (χ4v) is 3.29. The van der Waals surface area contributed by atoms with E-state index >= 15 is 0 Å². The van der Waals surface area contributed by atoms with Crippen molar-refractivity contribution >= 4 is 35.1 Å². The Morgan fingerprint density at radius 3 is 2.61 bits per heavy atom. The molecule has 4 rings (SSSR count). The van der Waals surface area contributed by atoms with Crippen LogP contribution in [0.25, 0.3) is 11.0 Å². The summed E-state index contributed by atoms with van der Waals surface area (Å²) in [5.74, 6) is -0.538. The van der Waals surface area contributed by atoms with E-state index in [-0.39, 0.29) is 24.3 Å². The summed E-state index contributed by atoms with van der Waals surface area (Å²) in [5, 5.41) is 18.0. The number of hydrogen-bond donors (Lipinski definition) is 2. The molecule has 3 aromatic rings. The zero-order valence-corrected chi connectivity index (χ0v) is 15.2. The molecule has 1 atom stereocenters. The lowest BCUT2D eigenvalue weighted by atomic mass is 9.84. The minimum Gasteiger partial charge on any atom is -0.483 e. The number of benzene rings is 2. The van der Waals surface area contributed by atoms with E-state index < -0.39 is 0 Å². The van der Waals surface area contributed by atoms with Crippen LogP contribution in [0.1, 0.15) is 33.8 Å². The van der Waals surface area contributed by atoms with Gasteiger partial charge < -0.3 is 15.2 Å². The molecule has 0 bridgehead atoms. The Labute approximate surface area is 159 Å². The van der Waals surface area contributed by atoms with E-state index in [1.165, 1.54) is 7.11 Å². The van der Waals surface area contributed by atoms with Crippen LogP contribution in [0.2, 0.25) is 0 Å². The number of carboxylic acid groups (broad SMARTS) is 1. The van der Waals surface area contributed by atoms with Gasteiger partial charge in [0.05, 0.1) is 23.9 Å². The minimum atomic E-state index is -0.380. The van der Waals surface area contributed by atoms with Crippen LogP contribution >= 0.6 is 0 Å². The van der Waals surface area contributed by atoms with Gasteiger partial charge in [0.25, 0.3) is 6.47 Å². The number of hydrogen-bond acceptors (Lipinski definition) is 6. The molecule has 1 aliphatic rings. The summed E-state index contributed by atoms with van der Waals surface area (Å²) >= 11 is 0. The predicted octanol–water partition coefficient (Wildman–Crippen LogP) is 1.93. The molecule has 9 heteroatoms. The summed E-state index contributed by atoms with van der Waals surface area (Å²) in [6, 6.07) is 11.1. The average Bonchev–Trinajstić information content (AvgIpc) is 3.09. The zero-order chi connectivity index (χ0) is 20.3. The summed E-state index contributed by atoms with van der Waals surface area (Å²) in [6.07, 6.45) is 0.344. The van der Waals surface area contributed by atoms with Crippen molar-refractivity contribution in [3.63, 3.8) is 0 Å². The Balaban J connectivity index is 0.000000706. The molecular formula is C19H18N4O5. The lowest BCUT2D eigenvalue weighted by molar-refractivity contribution is -0.123. The van der Waals surface area contributed by atoms with Crippen molar-refractivity contribution in [3.05, 3.63) is 53.1 Å². The predicted molar refractivity (Wildman–Crippen MR) is 100 cm³/mol. The van der Waals surface area contributed by atoms with Gasteiger partial charge in [-0.3, -0.25) is 9.59 Å². The van der Waals surface area contributed by atoms with E-state index in [2.05, 4.69) is 15.6 Å². The first-order valence-electron chi connectivity index (χ1n) is 8.38. The van der Waals surface area contributed by atoms with Crippen molar-refractivity contribution in [1.82, 2.24) is 15.0 Å². The maximum absolute atomic E-state index is 12.2. The summed E-state index contributed by atoms with van der Waals surface area (Å²) in [7, 11) is 3.17. The van der Waals surface area contributed by atoms with E-state index in [0.29, 0.717) is 23.2 Å². The van der Waals surface area contributed by atoms with Crippen LogP contribution in [-0.4, -0.2) is 45.6 Å². The molecule has 0 spiro atoms. The highest BCUT2D eigenvalue weighted by molar-refractivity contribution is 6.03. The molecule has 0 saturated carbocycles. The number of methoxy groups -OCH3 is 1. The molecule has 1 unspecified atom stereocenters. The molecule has 2 aromatic carbocycles. The van der Waals surface area contributed by atoms with Crippen LogP contribution in [0.3, 0.4) is 0 Å². The number of fused-ring (bicyclic) bond motifs is 3. The third-order valence-corrected chi connectivity index (χ3v) is 4.58. The molecule has 0 saturated heterocycles. The van der Waals surface area contributed by atoms with E-state index in [9.17, 15) is 9.59 Å². The van der Waals surface area contributed by atoms with Gasteiger partial charge in [-0.05, 0) is 29.3 Å². The van der Waals surface area contributed by atoms with E-state index in [4.69, 9.17) is 14.6 Å². The number of nitrogens with zero attached hydrogens (tertiary/aromatic N) is 3. The number of aromatic nitrogens is 3. The van der Waals surface area contributed by atoms with Crippen LogP contribution < -0.4 is 5.32 Å². The SMILES string of the molecule is COC(=O)c1ccc(C2CC(=O)Nc3c2ccc2c3nnn2C)cc1.O=CO. The van der Waals surface area contributed by atoms with Gasteiger partial charge in [0.2, 0.25) is 5.91 Å². The monoisotopic (exact) mass is 382 g/mol. The van der Waals surface area contributed by atoms with Crippen molar-refractivity contribution < 1.29 is 24.2 Å².